The van der Waals surface area contributed by atoms with Crippen molar-refractivity contribution in [2.45, 2.75) is 61.8 Å². The molecular formula is C24H27N3O3S2. The highest BCUT2D eigenvalue weighted by Gasteiger charge is 2.27. The molecule has 32 heavy (non-hydrogen) atoms. The van der Waals surface area contributed by atoms with E-state index in [9.17, 15) is 9.59 Å². The molecule has 0 bridgehead atoms. The zero-order chi connectivity index (χ0) is 22.1. The summed E-state index contributed by atoms with van der Waals surface area (Å²) < 4.78 is 7.00. The molecule has 1 N–H and O–H groups in total. The Balaban J connectivity index is 1.68. The van der Waals surface area contributed by atoms with Crippen LogP contribution in [0, 0.1) is 0 Å². The number of amides is 1. The van der Waals surface area contributed by atoms with Crippen molar-refractivity contribution in [3.63, 3.8) is 0 Å². The largest absolute Gasteiger partial charge is 0.497 e. The number of thioether (sulfide) groups is 1. The number of hydrogen-bond acceptors (Lipinski definition) is 6. The number of nitrogens with one attached hydrogen (secondary N) is 1. The summed E-state index contributed by atoms with van der Waals surface area (Å²) in [7, 11) is 1.63. The van der Waals surface area contributed by atoms with E-state index in [4.69, 9.17) is 9.72 Å². The average molecular weight is 470 g/mol. The van der Waals surface area contributed by atoms with Crippen LogP contribution in [0.2, 0.25) is 0 Å². The molecule has 1 fully saturated rings. The molecule has 2 aliphatic rings. The molecule has 6 nitrogen and oxygen atoms in total. The van der Waals surface area contributed by atoms with E-state index >= 15 is 0 Å². The molecule has 1 aromatic carbocycles. The molecule has 0 radical (unpaired) electrons. The molecule has 5 rings (SSSR count). The van der Waals surface area contributed by atoms with E-state index in [1.165, 1.54) is 28.6 Å². The molecule has 1 unspecified atom stereocenters. The summed E-state index contributed by atoms with van der Waals surface area (Å²) in [5.74, 6) is 0.766. The van der Waals surface area contributed by atoms with Crippen LogP contribution in [0.1, 0.15) is 49.0 Å². The number of fused-ring (bicyclic) bond motifs is 3. The number of nitrogens with zero attached hydrogens (tertiary/aromatic N) is 2. The van der Waals surface area contributed by atoms with Gasteiger partial charge in [-0.1, -0.05) is 24.6 Å². The summed E-state index contributed by atoms with van der Waals surface area (Å²) in [4.78, 5) is 33.7. The highest BCUT2D eigenvalue weighted by molar-refractivity contribution is 8.00. The number of methoxy groups -OCH3 is 1. The Morgan fingerprint density at radius 1 is 1.09 bits per heavy atom. The van der Waals surface area contributed by atoms with E-state index in [0.717, 1.165) is 66.6 Å². The van der Waals surface area contributed by atoms with Crippen LogP contribution in [0.15, 0.2) is 34.2 Å². The first-order chi connectivity index (χ1) is 15.7. The number of aromatic nitrogens is 2. The fourth-order valence-electron chi connectivity index (χ4n) is 4.55. The minimum absolute atomic E-state index is 0.0314. The van der Waals surface area contributed by atoms with Crippen LogP contribution < -0.4 is 15.6 Å². The van der Waals surface area contributed by atoms with Gasteiger partial charge in [0.2, 0.25) is 5.91 Å². The molecule has 3 aromatic rings. The van der Waals surface area contributed by atoms with Crippen LogP contribution in [-0.4, -0.2) is 34.4 Å². The first-order valence-corrected chi connectivity index (χ1v) is 13.0. The summed E-state index contributed by atoms with van der Waals surface area (Å²) >= 11 is 3.07. The van der Waals surface area contributed by atoms with Crippen molar-refractivity contribution in [2.24, 2.45) is 0 Å². The maximum Gasteiger partial charge on any atom is 0.267 e. The van der Waals surface area contributed by atoms with Gasteiger partial charge < -0.3 is 10.1 Å². The SMILES string of the molecule is COc1ccc(-n2c(SC3CCCCNC3=O)nc3sc4c(c3c2=O)CCCCC4)cc1. The molecule has 3 heterocycles. The summed E-state index contributed by atoms with van der Waals surface area (Å²) in [5, 5.41) is 4.10. The van der Waals surface area contributed by atoms with E-state index < -0.39 is 0 Å². The van der Waals surface area contributed by atoms with Crippen LogP contribution in [0.25, 0.3) is 15.9 Å². The standard InChI is InChI=1S/C24H27N3O3S2/c1-30-16-12-10-15(11-13-16)27-23(29)20-17-7-3-2-4-8-18(17)31-22(20)26-24(27)32-19-9-5-6-14-25-21(19)28/h10-13,19H,2-9,14H2,1H3,(H,25,28). The molecular weight excluding hydrogens is 442 g/mol. The van der Waals surface area contributed by atoms with E-state index in [1.54, 1.807) is 23.0 Å². The number of hydrogen-bond donors (Lipinski definition) is 1. The molecule has 168 valence electrons. The Hall–Kier alpha value is -2.32. The summed E-state index contributed by atoms with van der Waals surface area (Å²) in [6.45, 7) is 0.714. The zero-order valence-electron chi connectivity index (χ0n) is 18.2. The smallest absolute Gasteiger partial charge is 0.267 e. The monoisotopic (exact) mass is 469 g/mol. The molecule has 1 atom stereocenters. The van der Waals surface area contributed by atoms with Crippen molar-refractivity contribution in [2.75, 3.05) is 13.7 Å². The van der Waals surface area contributed by atoms with Crippen molar-refractivity contribution in [1.82, 2.24) is 14.9 Å². The molecule has 2 aromatic heterocycles. The van der Waals surface area contributed by atoms with Crippen LogP contribution in [0.3, 0.4) is 0 Å². The molecule has 0 saturated carbocycles. The summed E-state index contributed by atoms with van der Waals surface area (Å²) in [6.07, 6.45) is 8.19. The van der Waals surface area contributed by atoms with E-state index in [-0.39, 0.29) is 16.7 Å². The highest BCUT2D eigenvalue weighted by atomic mass is 32.2. The highest BCUT2D eigenvalue weighted by Crippen LogP contribution is 2.36. The van der Waals surface area contributed by atoms with Crippen molar-refractivity contribution in [3.05, 3.63) is 45.1 Å². The van der Waals surface area contributed by atoms with Gasteiger partial charge in [0, 0.05) is 11.4 Å². The number of benzene rings is 1. The number of thiophene rings is 1. The van der Waals surface area contributed by atoms with Gasteiger partial charge in [0.25, 0.3) is 5.56 Å². The Kier molecular flexibility index (Phi) is 6.24. The van der Waals surface area contributed by atoms with Gasteiger partial charge in [0.1, 0.15) is 10.6 Å². The third-order valence-corrected chi connectivity index (χ3v) is 8.68. The van der Waals surface area contributed by atoms with Gasteiger partial charge in [0.05, 0.1) is 23.4 Å². The Bertz CT molecular complexity index is 1200. The number of carbonyl (C=O) groups excluding carboxylic acids is 1. The second kappa shape index (κ2) is 9.27. The maximum atomic E-state index is 13.9. The fraction of sp³-hybridized carbons (Fsp3) is 0.458. The van der Waals surface area contributed by atoms with Gasteiger partial charge in [-0.3, -0.25) is 14.2 Å². The molecule has 1 amide bonds. The first kappa shape index (κ1) is 21.5. The number of rotatable bonds is 4. The Morgan fingerprint density at radius 2 is 1.91 bits per heavy atom. The third kappa shape index (κ3) is 4.06. The van der Waals surface area contributed by atoms with E-state index in [1.807, 2.05) is 24.3 Å². The predicted octanol–water partition coefficient (Wildman–Crippen LogP) is 4.49. The third-order valence-electron chi connectivity index (χ3n) is 6.27. The first-order valence-electron chi connectivity index (χ1n) is 11.3. The second-order valence-electron chi connectivity index (χ2n) is 8.37. The van der Waals surface area contributed by atoms with E-state index in [2.05, 4.69) is 5.32 Å². The minimum atomic E-state index is -0.246. The average Bonchev–Trinajstić information content (AvgIpc) is 2.92. The van der Waals surface area contributed by atoms with Gasteiger partial charge in [-0.25, -0.2) is 4.98 Å². The van der Waals surface area contributed by atoms with Crippen LogP contribution in [-0.2, 0) is 17.6 Å². The Morgan fingerprint density at radius 3 is 2.72 bits per heavy atom. The van der Waals surface area contributed by atoms with Crippen molar-refractivity contribution in [3.8, 4) is 11.4 Å². The molecule has 0 spiro atoms. The number of carbonyl (C=O) groups is 1. The summed E-state index contributed by atoms with van der Waals surface area (Å²) in [5.41, 5.74) is 1.90. The molecule has 8 heteroatoms. The van der Waals surface area contributed by atoms with Gasteiger partial charge in [0.15, 0.2) is 5.16 Å². The lowest BCUT2D eigenvalue weighted by molar-refractivity contribution is -0.120. The van der Waals surface area contributed by atoms with Crippen molar-refractivity contribution >= 4 is 39.2 Å². The van der Waals surface area contributed by atoms with Gasteiger partial charge in [-0.15, -0.1) is 11.3 Å². The van der Waals surface area contributed by atoms with Crippen LogP contribution >= 0.6 is 23.1 Å². The van der Waals surface area contributed by atoms with Crippen molar-refractivity contribution in [1.29, 1.82) is 0 Å². The molecule has 1 saturated heterocycles. The fourth-order valence-corrected chi connectivity index (χ4v) is 7.03. The lowest BCUT2D eigenvalue weighted by Gasteiger charge is -2.17. The maximum absolute atomic E-state index is 13.9. The second-order valence-corrected chi connectivity index (χ2v) is 10.6. The topological polar surface area (TPSA) is 73.2 Å². The molecule has 1 aliphatic heterocycles. The normalized spacial score (nSPS) is 19.2. The van der Waals surface area contributed by atoms with Crippen LogP contribution in [0.4, 0.5) is 0 Å². The zero-order valence-corrected chi connectivity index (χ0v) is 19.8. The minimum Gasteiger partial charge on any atom is -0.497 e. The van der Waals surface area contributed by atoms with E-state index in [0.29, 0.717) is 11.7 Å². The van der Waals surface area contributed by atoms with Gasteiger partial charge in [-0.05, 0) is 68.4 Å². The number of ether oxygens (including phenoxy) is 1. The van der Waals surface area contributed by atoms with Gasteiger partial charge in [-0.2, -0.15) is 0 Å². The number of aryl methyl sites for hydroxylation is 2. The van der Waals surface area contributed by atoms with Crippen LogP contribution in [0.5, 0.6) is 5.75 Å². The quantitative estimate of drug-likeness (QED) is 0.450. The predicted molar refractivity (Wildman–Crippen MR) is 130 cm³/mol. The molecule has 1 aliphatic carbocycles. The lowest BCUT2D eigenvalue weighted by Crippen LogP contribution is -2.31. The van der Waals surface area contributed by atoms with Crippen molar-refractivity contribution < 1.29 is 9.53 Å². The van der Waals surface area contributed by atoms with Gasteiger partial charge >= 0.3 is 0 Å². The summed E-state index contributed by atoms with van der Waals surface area (Å²) in [6, 6.07) is 7.48. The lowest BCUT2D eigenvalue weighted by atomic mass is 10.1. The Labute approximate surface area is 195 Å².